The molecule has 0 aliphatic rings. The van der Waals surface area contributed by atoms with Crippen LogP contribution < -0.4 is 10.6 Å². The zero-order valence-electron chi connectivity index (χ0n) is 10.4. The standard InChI is InChI=1S/C11H24N2O4/c1-17-11(16)10(13-7-9-15)4-2-3-5-12-6-8-14/h10,12-15H,2-9H2,1H3. The number of hydrogen-bond acceptors (Lipinski definition) is 6. The van der Waals surface area contributed by atoms with Crippen molar-refractivity contribution in [3.63, 3.8) is 0 Å². The van der Waals surface area contributed by atoms with Crippen LogP contribution in [-0.4, -0.2) is 62.2 Å². The van der Waals surface area contributed by atoms with Gasteiger partial charge in [0, 0.05) is 13.1 Å². The maximum absolute atomic E-state index is 11.4. The molecule has 1 atom stereocenters. The van der Waals surface area contributed by atoms with Gasteiger partial charge in [-0.25, -0.2) is 0 Å². The van der Waals surface area contributed by atoms with Crippen molar-refractivity contribution in [2.24, 2.45) is 0 Å². The molecule has 6 nitrogen and oxygen atoms in total. The Bertz CT molecular complexity index is 190. The summed E-state index contributed by atoms with van der Waals surface area (Å²) in [6.45, 7) is 1.97. The molecule has 0 aliphatic heterocycles. The summed E-state index contributed by atoms with van der Waals surface area (Å²) in [5.41, 5.74) is 0. The average molecular weight is 248 g/mol. The molecule has 0 heterocycles. The SMILES string of the molecule is COC(=O)C(CCCCNCCO)NCCO. The van der Waals surface area contributed by atoms with E-state index in [9.17, 15) is 4.79 Å². The molecule has 4 N–H and O–H groups in total. The Hall–Kier alpha value is -0.690. The molecular formula is C11H24N2O4. The molecule has 1 unspecified atom stereocenters. The lowest BCUT2D eigenvalue weighted by atomic mass is 10.1. The molecule has 0 aromatic rings. The van der Waals surface area contributed by atoms with Crippen LogP contribution in [0.15, 0.2) is 0 Å². The van der Waals surface area contributed by atoms with Crippen LogP contribution in [0.25, 0.3) is 0 Å². The van der Waals surface area contributed by atoms with Crippen molar-refractivity contribution in [3.8, 4) is 0 Å². The second kappa shape index (κ2) is 11.8. The fourth-order valence-corrected chi connectivity index (χ4v) is 1.49. The zero-order chi connectivity index (χ0) is 12.9. The topological polar surface area (TPSA) is 90.8 Å². The highest BCUT2D eigenvalue weighted by atomic mass is 16.5. The fraction of sp³-hybridized carbons (Fsp3) is 0.909. The number of rotatable bonds is 11. The smallest absolute Gasteiger partial charge is 0.322 e. The van der Waals surface area contributed by atoms with Gasteiger partial charge in [-0.05, 0) is 19.4 Å². The van der Waals surface area contributed by atoms with Gasteiger partial charge in [-0.3, -0.25) is 4.79 Å². The first-order valence-corrected chi connectivity index (χ1v) is 6.00. The predicted molar refractivity (Wildman–Crippen MR) is 64.7 cm³/mol. The highest BCUT2D eigenvalue weighted by molar-refractivity contribution is 5.75. The van der Waals surface area contributed by atoms with Crippen LogP contribution in [0.3, 0.4) is 0 Å². The Morgan fingerprint density at radius 1 is 1.18 bits per heavy atom. The van der Waals surface area contributed by atoms with Gasteiger partial charge < -0.3 is 25.6 Å². The van der Waals surface area contributed by atoms with Crippen molar-refractivity contribution < 1.29 is 19.7 Å². The maximum atomic E-state index is 11.4. The Kier molecular flexibility index (Phi) is 11.3. The van der Waals surface area contributed by atoms with E-state index in [2.05, 4.69) is 15.4 Å². The Labute approximate surface area is 102 Å². The molecule has 102 valence electrons. The second-order valence-electron chi connectivity index (χ2n) is 3.72. The van der Waals surface area contributed by atoms with Crippen molar-refractivity contribution >= 4 is 5.97 Å². The van der Waals surface area contributed by atoms with Crippen LogP contribution in [-0.2, 0) is 9.53 Å². The van der Waals surface area contributed by atoms with Gasteiger partial charge in [0.2, 0.25) is 0 Å². The molecule has 0 aromatic carbocycles. The number of methoxy groups -OCH3 is 1. The molecule has 0 radical (unpaired) electrons. The van der Waals surface area contributed by atoms with Gasteiger partial charge in [0.25, 0.3) is 0 Å². The summed E-state index contributed by atoms with van der Waals surface area (Å²) in [6, 6.07) is -0.343. The van der Waals surface area contributed by atoms with Crippen molar-refractivity contribution in [1.82, 2.24) is 10.6 Å². The van der Waals surface area contributed by atoms with Gasteiger partial charge in [0.15, 0.2) is 0 Å². The molecule has 0 aromatic heterocycles. The van der Waals surface area contributed by atoms with E-state index in [4.69, 9.17) is 10.2 Å². The zero-order valence-corrected chi connectivity index (χ0v) is 10.4. The van der Waals surface area contributed by atoms with E-state index in [0.717, 1.165) is 19.4 Å². The lowest BCUT2D eigenvalue weighted by Gasteiger charge is -2.15. The van der Waals surface area contributed by atoms with Gasteiger partial charge in [0.1, 0.15) is 6.04 Å². The van der Waals surface area contributed by atoms with E-state index in [1.165, 1.54) is 7.11 Å². The van der Waals surface area contributed by atoms with Gasteiger partial charge in [-0.1, -0.05) is 6.42 Å². The molecular weight excluding hydrogens is 224 g/mol. The quantitative estimate of drug-likeness (QED) is 0.273. The molecule has 0 bridgehead atoms. The largest absolute Gasteiger partial charge is 0.468 e. The predicted octanol–water partition coefficient (Wildman–Crippen LogP) is -1.14. The summed E-state index contributed by atoms with van der Waals surface area (Å²) in [5, 5.41) is 23.3. The van der Waals surface area contributed by atoms with Crippen molar-refractivity contribution in [3.05, 3.63) is 0 Å². The summed E-state index contributed by atoms with van der Waals surface area (Å²) >= 11 is 0. The molecule has 0 saturated carbocycles. The van der Waals surface area contributed by atoms with Crippen molar-refractivity contribution in [2.75, 3.05) is 40.0 Å². The third-order valence-corrected chi connectivity index (χ3v) is 2.37. The van der Waals surface area contributed by atoms with Crippen LogP contribution >= 0.6 is 0 Å². The third-order valence-electron chi connectivity index (χ3n) is 2.37. The Morgan fingerprint density at radius 3 is 2.47 bits per heavy atom. The molecule has 17 heavy (non-hydrogen) atoms. The van der Waals surface area contributed by atoms with Gasteiger partial charge >= 0.3 is 5.97 Å². The number of carbonyl (C=O) groups excluding carboxylic acids is 1. The molecule has 0 saturated heterocycles. The highest BCUT2D eigenvalue weighted by Gasteiger charge is 2.17. The minimum Gasteiger partial charge on any atom is -0.468 e. The highest BCUT2D eigenvalue weighted by Crippen LogP contribution is 2.02. The number of esters is 1. The minimum absolute atomic E-state index is 0.00551. The van der Waals surface area contributed by atoms with Gasteiger partial charge in [-0.15, -0.1) is 0 Å². The summed E-state index contributed by atoms with van der Waals surface area (Å²) in [4.78, 5) is 11.4. The lowest BCUT2D eigenvalue weighted by molar-refractivity contribution is -0.143. The normalized spacial score (nSPS) is 12.4. The van der Waals surface area contributed by atoms with Crippen LogP contribution in [0.1, 0.15) is 19.3 Å². The number of hydrogen-bond donors (Lipinski definition) is 4. The first-order valence-electron chi connectivity index (χ1n) is 6.00. The van der Waals surface area contributed by atoms with E-state index >= 15 is 0 Å². The number of unbranched alkanes of at least 4 members (excludes halogenated alkanes) is 1. The number of carbonyl (C=O) groups is 1. The van der Waals surface area contributed by atoms with E-state index < -0.39 is 0 Å². The van der Waals surface area contributed by atoms with Gasteiger partial charge in [0.05, 0.1) is 20.3 Å². The van der Waals surface area contributed by atoms with Crippen LogP contribution in [0.5, 0.6) is 0 Å². The number of ether oxygens (including phenoxy) is 1. The van der Waals surface area contributed by atoms with Crippen LogP contribution in [0.2, 0.25) is 0 Å². The van der Waals surface area contributed by atoms with E-state index in [0.29, 0.717) is 19.5 Å². The van der Waals surface area contributed by atoms with Crippen LogP contribution in [0, 0.1) is 0 Å². The summed E-state index contributed by atoms with van der Waals surface area (Å²) in [7, 11) is 1.36. The lowest BCUT2D eigenvalue weighted by Crippen LogP contribution is -2.39. The van der Waals surface area contributed by atoms with E-state index in [1.807, 2.05) is 0 Å². The van der Waals surface area contributed by atoms with E-state index in [1.54, 1.807) is 0 Å². The Morgan fingerprint density at radius 2 is 1.88 bits per heavy atom. The van der Waals surface area contributed by atoms with Crippen molar-refractivity contribution in [2.45, 2.75) is 25.3 Å². The minimum atomic E-state index is -0.343. The fourth-order valence-electron chi connectivity index (χ4n) is 1.49. The molecule has 0 rings (SSSR count). The van der Waals surface area contributed by atoms with E-state index in [-0.39, 0.29) is 25.2 Å². The molecule has 6 heteroatoms. The molecule has 0 spiro atoms. The Balaban J connectivity index is 3.64. The number of nitrogens with one attached hydrogen (secondary N) is 2. The maximum Gasteiger partial charge on any atom is 0.322 e. The first kappa shape index (κ1) is 16.3. The summed E-state index contributed by atoms with van der Waals surface area (Å²) in [5.74, 6) is -0.290. The molecule has 0 amide bonds. The first-order chi connectivity index (χ1) is 8.26. The van der Waals surface area contributed by atoms with Crippen LogP contribution in [0.4, 0.5) is 0 Å². The molecule has 0 fully saturated rings. The third kappa shape index (κ3) is 9.05. The van der Waals surface area contributed by atoms with Crippen molar-refractivity contribution in [1.29, 1.82) is 0 Å². The monoisotopic (exact) mass is 248 g/mol. The van der Waals surface area contributed by atoms with Gasteiger partial charge in [-0.2, -0.15) is 0 Å². The molecule has 0 aliphatic carbocycles. The summed E-state index contributed by atoms with van der Waals surface area (Å²) < 4.78 is 4.67. The average Bonchev–Trinajstić information content (AvgIpc) is 2.36. The second-order valence-corrected chi connectivity index (χ2v) is 3.72. The number of aliphatic hydroxyl groups excluding tert-OH is 2. The number of aliphatic hydroxyl groups is 2. The summed E-state index contributed by atoms with van der Waals surface area (Å²) in [6.07, 6.45) is 2.51.